The number of carbonyl (C=O) groups is 1. The first-order valence-electron chi connectivity index (χ1n) is 7.36. The summed E-state index contributed by atoms with van der Waals surface area (Å²) < 4.78 is 28.4. The summed E-state index contributed by atoms with van der Waals surface area (Å²) >= 11 is 0. The Balaban J connectivity index is 0.00000225. The smallest absolute Gasteiger partial charge is 0.329 e. The molecule has 0 aliphatic rings. The van der Waals surface area contributed by atoms with Crippen LogP contribution in [0.4, 0.5) is 8.78 Å². The summed E-state index contributed by atoms with van der Waals surface area (Å²) in [4.78, 5) is 12.2. The van der Waals surface area contributed by atoms with Crippen molar-refractivity contribution in [3.05, 3.63) is 95.8 Å². The molecular weight excluding hydrogens is 462 g/mol. The Labute approximate surface area is 184 Å². The number of alkyl halides is 2. The zero-order valence-electron chi connectivity index (χ0n) is 13.0. The van der Waals surface area contributed by atoms with E-state index in [1.165, 1.54) is 24.3 Å². The van der Waals surface area contributed by atoms with Crippen LogP contribution in [0.5, 0.6) is 0 Å². The first-order chi connectivity index (χ1) is 11.5. The van der Waals surface area contributed by atoms with E-state index in [0.717, 1.165) is 10.8 Å². The molecule has 0 amide bonds. The van der Waals surface area contributed by atoms with Gasteiger partial charge in [0, 0.05) is 66.6 Å². The average Bonchev–Trinajstić information content (AvgIpc) is 2.62. The second-order valence-electron chi connectivity index (χ2n) is 5.40. The Morgan fingerprint density at radius 1 is 0.880 bits per heavy atom. The molecular formula is C20H14EuF2O2. The van der Waals surface area contributed by atoms with E-state index < -0.39 is 17.5 Å². The normalized spacial score (nSPS) is 11.8. The summed E-state index contributed by atoms with van der Waals surface area (Å²) in [5.41, 5.74) is -0.130. The molecule has 127 valence electrons. The minimum Gasteiger partial charge on any atom is -0.506 e. The van der Waals surface area contributed by atoms with E-state index in [-0.39, 0.29) is 60.5 Å². The SMILES string of the molecule is O=C(/C=C(\O)C(F)(F)c1ccccc1)c1ccc2ccccc2c1.[Eu]. The van der Waals surface area contributed by atoms with E-state index in [1.807, 2.05) is 24.3 Å². The fourth-order valence-corrected chi connectivity index (χ4v) is 2.44. The van der Waals surface area contributed by atoms with Crippen LogP contribution in [-0.2, 0) is 5.92 Å². The minimum absolute atomic E-state index is 0. The van der Waals surface area contributed by atoms with Crippen molar-refractivity contribution < 1.29 is 68.1 Å². The van der Waals surface area contributed by atoms with Gasteiger partial charge in [-0.3, -0.25) is 4.79 Å². The molecule has 0 bridgehead atoms. The van der Waals surface area contributed by atoms with E-state index in [0.29, 0.717) is 6.08 Å². The second-order valence-corrected chi connectivity index (χ2v) is 5.40. The topological polar surface area (TPSA) is 37.3 Å². The summed E-state index contributed by atoms with van der Waals surface area (Å²) in [6, 6.07) is 19.2. The first kappa shape index (κ1) is 19.9. The predicted molar refractivity (Wildman–Crippen MR) is 89.3 cm³/mol. The van der Waals surface area contributed by atoms with E-state index in [1.54, 1.807) is 24.3 Å². The molecule has 0 heterocycles. The summed E-state index contributed by atoms with van der Waals surface area (Å²) in [6.45, 7) is 0. The molecule has 0 saturated heterocycles. The number of hydrogen-bond donors (Lipinski definition) is 1. The molecule has 5 heteroatoms. The molecule has 0 saturated carbocycles. The monoisotopic (exact) mass is 477 g/mol. The Hall–Kier alpha value is -1.43. The van der Waals surface area contributed by atoms with Gasteiger partial charge in [-0.05, 0) is 16.8 Å². The van der Waals surface area contributed by atoms with Gasteiger partial charge in [0.2, 0.25) is 0 Å². The van der Waals surface area contributed by atoms with Gasteiger partial charge in [-0.1, -0.05) is 66.7 Å². The zero-order valence-corrected chi connectivity index (χ0v) is 15.4. The summed E-state index contributed by atoms with van der Waals surface area (Å²) in [6.07, 6.45) is 0.580. The molecule has 2 nitrogen and oxygen atoms in total. The van der Waals surface area contributed by atoms with Crippen LogP contribution < -0.4 is 0 Å². The van der Waals surface area contributed by atoms with Crippen LogP contribution >= 0.6 is 0 Å². The maximum atomic E-state index is 14.2. The van der Waals surface area contributed by atoms with Crippen molar-refractivity contribution in [1.29, 1.82) is 0 Å². The standard InChI is InChI=1S/C20H14F2O2.Eu/c21-20(22,17-8-2-1-3-9-17)19(24)13-18(23)16-11-10-14-6-4-5-7-15(14)12-16;/h1-13,24H;/b19-13-;. The van der Waals surface area contributed by atoms with Crippen molar-refractivity contribution in [1.82, 2.24) is 0 Å². The largest absolute Gasteiger partial charge is 0.506 e. The molecule has 0 aromatic heterocycles. The summed E-state index contributed by atoms with van der Waals surface area (Å²) in [7, 11) is 0. The van der Waals surface area contributed by atoms with Crippen LogP contribution in [0.2, 0.25) is 0 Å². The van der Waals surface area contributed by atoms with Crippen LogP contribution in [0.1, 0.15) is 15.9 Å². The fraction of sp³-hybridized carbons (Fsp3) is 0.0500. The van der Waals surface area contributed by atoms with Gasteiger partial charge in [-0.2, -0.15) is 8.78 Å². The number of fused-ring (bicyclic) bond motifs is 1. The number of rotatable bonds is 4. The van der Waals surface area contributed by atoms with Gasteiger partial charge in [0.15, 0.2) is 11.5 Å². The van der Waals surface area contributed by atoms with Crippen molar-refractivity contribution in [3.8, 4) is 0 Å². The quantitative estimate of drug-likeness (QED) is 0.317. The molecule has 0 spiro atoms. The van der Waals surface area contributed by atoms with E-state index in [4.69, 9.17) is 0 Å². The van der Waals surface area contributed by atoms with Gasteiger partial charge in [0.05, 0.1) is 0 Å². The molecule has 1 N–H and O–H groups in total. The summed E-state index contributed by atoms with van der Waals surface area (Å²) in [5, 5.41) is 11.5. The van der Waals surface area contributed by atoms with Crippen LogP contribution in [0.3, 0.4) is 0 Å². The number of carbonyl (C=O) groups excluding carboxylic acids is 1. The Kier molecular flexibility index (Phi) is 6.61. The number of hydrogen-bond acceptors (Lipinski definition) is 2. The minimum atomic E-state index is -3.62. The fourth-order valence-electron chi connectivity index (χ4n) is 2.44. The van der Waals surface area contributed by atoms with Gasteiger partial charge >= 0.3 is 5.92 Å². The molecule has 1 radical (unpaired) electrons. The summed E-state index contributed by atoms with van der Waals surface area (Å²) in [5.74, 6) is -5.56. The number of allylic oxidation sites excluding steroid dienone is 2. The number of ketones is 1. The third-order valence-corrected chi connectivity index (χ3v) is 3.76. The number of aliphatic hydroxyl groups excluding tert-OH is 1. The van der Waals surface area contributed by atoms with Gasteiger partial charge in [-0.15, -0.1) is 0 Å². The molecule has 0 aliphatic carbocycles. The Morgan fingerprint density at radius 2 is 1.48 bits per heavy atom. The number of halogens is 2. The molecule has 0 unspecified atom stereocenters. The molecule has 3 aromatic carbocycles. The van der Waals surface area contributed by atoms with Crippen LogP contribution in [0.15, 0.2) is 84.6 Å². The second kappa shape index (κ2) is 8.30. The molecule has 25 heavy (non-hydrogen) atoms. The Bertz CT molecular complexity index is 921. The third-order valence-electron chi connectivity index (χ3n) is 3.76. The molecule has 0 fully saturated rings. The molecule has 0 atom stereocenters. The Morgan fingerprint density at radius 3 is 2.16 bits per heavy atom. The van der Waals surface area contributed by atoms with Gasteiger partial charge in [-0.25, -0.2) is 0 Å². The maximum absolute atomic E-state index is 14.2. The average molecular weight is 476 g/mol. The van der Waals surface area contributed by atoms with Crippen molar-refractivity contribution in [2.24, 2.45) is 0 Å². The van der Waals surface area contributed by atoms with Crippen molar-refractivity contribution in [2.45, 2.75) is 5.92 Å². The van der Waals surface area contributed by atoms with Gasteiger partial charge in [0.25, 0.3) is 0 Å². The van der Waals surface area contributed by atoms with Crippen LogP contribution in [0.25, 0.3) is 10.8 Å². The van der Waals surface area contributed by atoms with Crippen LogP contribution in [-0.4, -0.2) is 10.9 Å². The van der Waals surface area contributed by atoms with Crippen LogP contribution in [0, 0.1) is 49.4 Å². The van der Waals surface area contributed by atoms with Gasteiger partial charge in [0.1, 0.15) is 0 Å². The zero-order chi connectivity index (χ0) is 17.2. The maximum Gasteiger partial charge on any atom is 0.329 e. The van der Waals surface area contributed by atoms with Crippen molar-refractivity contribution in [3.63, 3.8) is 0 Å². The van der Waals surface area contributed by atoms with Crippen molar-refractivity contribution in [2.75, 3.05) is 0 Å². The molecule has 3 aromatic rings. The van der Waals surface area contributed by atoms with E-state index in [2.05, 4.69) is 0 Å². The number of benzene rings is 3. The van der Waals surface area contributed by atoms with Crippen molar-refractivity contribution >= 4 is 16.6 Å². The molecule has 0 aliphatic heterocycles. The first-order valence-corrected chi connectivity index (χ1v) is 7.36. The third kappa shape index (κ3) is 4.41. The van der Waals surface area contributed by atoms with E-state index in [9.17, 15) is 18.7 Å². The van der Waals surface area contributed by atoms with Gasteiger partial charge < -0.3 is 5.11 Å². The molecule has 3 rings (SSSR count). The predicted octanol–water partition coefficient (Wildman–Crippen LogP) is 5.26. The van der Waals surface area contributed by atoms with E-state index >= 15 is 0 Å². The number of aliphatic hydroxyl groups is 1.